The number of amidine groups is 1. The number of aromatic amines is 1. The molecule has 4 aliphatic rings. The highest BCUT2D eigenvalue weighted by Crippen LogP contribution is 2.32. The first-order chi connectivity index (χ1) is 17.7. The molecule has 1 saturated heterocycles. The number of hydrogen-bond acceptors (Lipinski definition) is 9. The van der Waals surface area contributed by atoms with Gasteiger partial charge in [-0.15, -0.1) is 0 Å². The van der Waals surface area contributed by atoms with E-state index < -0.39 is 5.91 Å². The van der Waals surface area contributed by atoms with Crippen LogP contribution in [0, 0.1) is 17.2 Å². The predicted molar refractivity (Wildman–Crippen MR) is 145 cm³/mol. The van der Waals surface area contributed by atoms with Gasteiger partial charge in [0.2, 0.25) is 17.6 Å². The van der Waals surface area contributed by atoms with E-state index in [2.05, 4.69) is 34.0 Å². The van der Waals surface area contributed by atoms with Gasteiger partial charge >= 0.3 is 0 Å². The summed E-state index contributed by atoms with van der Waals surface area (Å²) in [7, 11) is 0. The molecule has 0 atom stereocenters. The Morgan fingerprint density at radius 2 is 1.45 bits per heavy atom. The van der Waals surface area contributed by atoms with Crippen LogP contribution in [0.25, 0.3) is 0 Å². The first-order valence-corrected chi connectivity index (χ1v) is 12.9. The van der Waals surface area contributed by atoms with Crippen molar-refractivity contribution >= 4 is 41.1 Å². The highest BCUT2D eigenvalue weighted by molar-refractivity contribution is 6.69. The first kappa shape index (κ1) is 27.3. The molecule has 4 aliphatic heterocycles. The number of nitrogens with one attached hydrogen (secondary N) is 2. The third kappa shape index (κ3) is 4.88. The van der Waals surface area contributed by atoms with Crippen molar-refractivity contribution < 1.29 is 14.8 Å². The fourth-order valence-corrected chi connectivity index (χ4v) is 4.88. The zero-order valence-corrected chi connectivity index (χ0v) is 23.4. The van der Waals surface area contributed by atoms with Crippen molar-refractivity contribution in [1.82, 2.24) is 24.7 Å². The number of guanidine groups is 2. The van der Waals surface area contributed by atoms with Crippen LogP contribution in [0.4, 0.5) is 5.82 Å². The molecule has 0 aromatic carbocycles. The van der Waals surface area contributed by atoms with E-state index in [1.54, 1.807) is 16.1 Å². The van der Waals surface area contributed by atoms with Gasteiger partial charge in [0.25, 0.3) is 11.8 Å². The fourth-order valence-electron chi connectivity index (χ4n) is 4.88. The average Bonchev–Trinajstić information content (AvgIpc) is 3.49. The Kier molecular flexibility index (Phi) is 6.83. The molecular formula is C25H38N10O3. The number of oxime groups is 1. The van der Waals surface area contributed by atoms with E-state index in [9.17, 15) is 9.59 Å². The molecule has 0 unspecified atom stereocenters. The summed E-state index contributed by atoms with van der Waals surface area (Å²) >= 11 is 0. The van der Waals surface area contributed by atoms with Gasteiger partial charge in [0.05, 0.1) is 30.5 Å². The Labute approximate surface area is 222 Å². The largest absolute Gasteiger partial charge is 0.410 e. The fraction of sp³-hybridized carbons (Fsp3) is 0.640. The number of anilines is 1. The molecule has 0 saturated carbocycles. The Hall–Kier alpha value is -3.77. The second kappa shape index (κ2) is 9.52. The lowest BCUT2D eigenvalue weighted by Crippen LogP contribution is -2.60. The minimum atomic E-state index is -0.461. The molecule has 0 radical (unpaired) electrons. The van der Waals surface area contributed by atoms with Crippen LogP contribution in [0.5, 0.6) is 0 Å². The summed E-state index contributed by atoms with van der Waals surface area (Å²) in [5.41, 5.74) is -0.274. The highest BCUT2D eigenvalue weighted by Gasteiger charge is 2.47. The van der Waals surface area contributed by atoms with Crippen LogP contribution < -0.4 is 4.90 Å². The van der Waals surface area contributed by atoms with E-state index in [0.717, 1.165) is 12.5 Å². The van der Waals surface area contributed by atoms with Crippen molar-refractivity contribution in [3.05, 3.63) is 12.0 Å². The summed E-state index contributed by atoms with van der Waals surface area (Å²) < 4.78 is 0. The van der Waals surface area contributed by atoms with Gasteiger partial charge in [0, 0.05) is 13.1 Å². The van der Waals surface area contributed by atoms with E-state index >= 15 is 0 Å². The van der Waals surface area contributed by atoms with E-state index in [0.29, 0.717) is 48.9 Å². The lowest BCUT2D eigenvalue weighted by atomic mass is 10.1. The smallest absolute Gasteiger partial charge is 0.286 e. The van der Waals surface area contributed by atoms with E-state index in [-0.39, 0.29) is 28.5 Å². The van der Waals surface area contributed by atoms with Gasteiger partial charge in [-0.2, -0.15) is 0 Å². The number of carbonyl (C=O) groups is 2. The molecule has 206 valence electrons. The van der Waals surface area contributed by atoms with E-state index in [4.69, 9.17) is 15.6 Å². The van der Waals surface area contributed by atoms with Crippen LogP contribution in [-0.2, 0) is 4.79 Å². The van der Waals surface area contributed by atoms with Crippen LogP contribution in [0.15, 0.2) is 21.5 Å². The number of carbonyl (C=O) groups excluding carboxylic acids is 2. The molecule has 5 heterocycles. The van der Waals surface area contributed by atoms with Crippen molar-refractivity contribution in [3.63, 3.8) is 0 Å². The summed E-state index contributed by atoms with van der Waals surface area (Å²) in [6, 6.07) is 0. The van der Waals surface area contributed by atoms with Gasteiger partial charge in [0.1, 0.15) is 5.69 Å². The van der Waals surface area contributed by atoms with Gasteiger partial charge in [-0.25, -0.2) is 15.0 Å². The van der Waals surface area contributed by atoms with Crippen LogP contribution in [-0.4, -0.2) is 102 Å². The minimum Gasteiger partial charge on any atom is -0.410 e. The van der Waals surface area contributed by atoms with Gasteiger partial charge in [-0.3, -0.25) is 34.6 Å². The Morgan fingerprint density at radius 1 is 0.947 bits per heavy atom. The van der Waals surface area contributed by atoms with E-state index in [1.807, 2.05) is 46.4 Å². The molecule has 1 fully saturated rings. The van der Waals surface area contributed by atoms with Crippen LogP contribution in [0.2, 0.25) is 0 Å². The predicted octanol–water partition coefficient (Wildman–Crippen LogP) is 2.22. The minimum absolute atomic E-state index is 0.0307. The lowest BCUT2D eigenvalue weighted by molar-refractivity contribution is -0.121. The maximum absolute atomic E-state index is 12.4. The molecule has 3 N–H and O–H groups in total. The van der Waals surface area contributed by atoms with E-state index in [1.165, 1.54) is 4.90 Å². The molecular weight excluding hydrogens is 488 g/mol. The van der Waals surface area contributed by atoms with Crippen LogP contribution in [0.1, 0.15) is 65.9 Å². The van der Waals surface area contributed by atoms with Crippen molar-refractivity contribution in [3.8, 4) is 0 Å². The number of aliphatic imine (C=N–C) groups is 2. The molecule has 2 amide bonds. The maximum Gasteiger partial charge on any atom is 0.286 e. The molecule has 38 heavy (non-hydrogen) atoms. The maximum atomic E-state index is 12.4. The normalized spacial score (nSPS) is 22.5. The van der Waals surface area contributed by atoms with Crippen molar-refractivity contribution in [2.45, 2.75) is 66.5 Å². The Balaban J connectivity index is 0.000000177. The van der Waals surface area contributed by atoms with Crippen molar-refractivity contribution in [1.29, 1.82) is 5.41 Å². The van der Waals surface area contributed by atoms with Crippen LogP contribution in [0.3, 0.4) is 0 Å². The second-order valence-electron chi connectivity index (χ2n) is 12.1. The van der Waals surface area contributed by atoms with Crippen LogP contribution >= 0.6 is 0 Å². The molecule has 13 nitrogen and oxygen atoms in total. The third-order valence-corrected chi connectivity index (χ3v) is 6.33. The lowest BCUT2D eigenvalue weighted by Gasteiger charge is -2.35. The summed E-state index contributed by atoms with van der Waals surface area (Å²) in [5, 5.41) is 20.0. The van der Waals surface area contributed by atoms with Gasteiger partial charge in [0.15, 0.2) is 11.7 Å². The average molecular weight is 527 g/mol. The summed E-state index contributed by atoms with van der Waals surface area (Å²) in [5.74, 6) is 2.10. The number of H-pyrrole nitrogens is 1. The number of fused-ring (bicyclic) bond motifs is 3. The molecule has 13 heteroatoms. The SMILES string of the molecule is CC(C)CN1C(=N)/C(=N/O)C(=O)N2CC(C)(C)N=C12.CC(C)CN1C2=NC(C)(C)CN2C(=O)c2[nH]cnc21. The monoisotopic (exact) mass is 526 g/mol. The molecule has 0 bridgehead atoms. The quantitative estimate of drug-likeness (QED) is 0.403. The number of hydrogen-bond donors (Lipinski definition) is 3. The summed E-state index contributed by atoms with van der Waals surface area (Å²) in [6.45, 7) is 18.7. The number of rotatable bonds is 4. The molecule has 1 aromatic rings. The Morgan fingerprint density at radius 3 is 1.97 bits per heavy atom. The zero-order chi connectivity index (χ0) is 28.2. The summed E-state index contributed by atoms with van der Waals surface area (Å²) in [4.78, 5) is 48.0. The number of imidazole rings is 1. The standard InChI is InChI=1S/C13H19N5O.C12H19N5O2/c1-8(2)5-17-10-9(14-7-15-10)11(19)18-6-13(3,4)16-12(17)18;1-7(2)5-16-9(13)8(15-19)10(18)17-6-12(3,4)14-11(16)17/h7-8H,5-6H2,1-4H3,(H,14,15);7,13,19H,5-6H2,1-4H3/b;13-9?,15-8-. The van der Waals surface area contributed by atoms with Gasteiger partial charge < -0.3 is 10.2 Å². The highest BCUT2D eigenvalue weighted by atomic mass is 16.4. The molecule has 5 rings (SSSR count). The molecule has 0 spiro atoms. The zero-order valence-electron chi connectivity index (χ0n) is 23.4. The third-order valence-electron chi connectivity index (χ3n) is 6.33. The molecule has 0 aliphatic carbocycles. The second-order valence-corrected chi connectivity index (χ2v) is 12.1. The Bertz CT molecular complexity index is 1240. The number of aromatic nitrogens is 2. The molecule has 1 aromatic heterocycles. The number of nitrogens with zero attached hydrogens (tertiary/aromatic N) is 8. The van der Waals surface area contributed by atoms with Crippen molar-refractivity contribution in [2.24, 2.45) is 27.0 Å². The number of amides is 2. The van der Waals surface area contributed by atoms with Gasteiger partial charge in [-0.05, 0) is 39.5 Å². The summed E-state index contributed by atoms with van der Waals surface area (Å²) in [6.07, 6.45) is 1.57. The van der Waals surface area contributed by atoms with Gasteiger partial charge in [-0.1, -0.05) is 32.9 Å². The topological polar surface area (TPSA) is 157 Å². The first-order valence-electron chi connectivity index (χ1n) is 12.9. The van der Waals surface area contributed by atoms with Crippen molar-refractivity contribution in [2.75, 3.05) is 31.1 Å².